The lowest BCUT2D eigenvalue weighted by molar-refractivity contribution is -0.384. The van der Waals surface area contributed by atoms with Crippen molar-refractivity contribution in [3.8, 4) is 0 Å². The summed E-state index contributed by atoms with van der Waals surface area (Å²) in [7, 11) is 0. The quantitative estimate of drug-likeness (QED) is 0.354. The van der Waals surface area contributed by atoms with Crippen molar-refractivity contribution in [2.24, 2.45) is 0 Å². The fourth-order valence-electron chi connectivity index (χ4n) is 2.77. The first kappa shape index (κ1) is 17.1. The van der Waals surface area contributed by atoms with E-state index >= 15 is 0 Å². The molecule has 0 radical (unpaired) electrons. The maximum Gasteiger partial charge on any atom is 0.269 e. The second-order valence-corrected chi connectivity index (χ2v) is 7.45. The molecule has 0 aromatic heterocycles. The average molecular weight is 363 g/mol. The summed E-state index contributed by atoms with van der Waals surface area (Å²) in [6, 6.07) is 6.13. The minimum atomic E-state index is -0.443. The van der Waals surface area contributed by atoms with E-state index in [1.54, 1.807) is 23.1 Å². The molecule has 0 bridgehead atoms. The summed E-state index contributed by atoms with van der Waals surface area (Å²) in [6.45, 7) is 2.54. The predicted molar refractivity (Wildman–Crippen MR) is 98.4 cm³/mol. The summed E-state index contributed by atoms with van der Waals surface area (Å²) in [5.41, 5.74) is 0.781. The standard InChI is InChI=1S/C16H17N3O3S2/c20-15-14(10-12-4-6-13(7-5-12)19(21)22)24-16(23)18(15)11-17-8-2-1-3-9-17/h4-7,10H,1-3,8-9,11H2/b14-10-. The van der Waals surface area contributed by atoms with E-state index in [0.717, 1.165) is 31.5 Å². The molecule has 2 aliphatic heterocycles. The van der Waals surface area contributed by atoms with Crippen LogP contribution in [0.4, 0.5) is 5.69 Å². The molecule has 0 saturated carbocycles. The minimum absolute atomic E-state index is 0.0322. The lowest BCUT2D eigenvalue weighted by Gasteiger charge is -2.29. The molecule has 0 spiro atoms. The van der Waals surface area contributed by atoms with Crippen LogP contribution in [0, 0.1) is 10.1 Å². The second kappa shape index (κ2) is 7.42. The topological polar surface area (TPSA) is 66.7 Å². The van der Waals surface area contributed by atoms with Gasteiger partial charge in [0.2, 0.25) is 0 Å². The van der Waals surface area contributed by atoms with Crippen LogP contribution < -0.4 is 0 Å². The van der Waals surface area contributed by atoms with Crippen molar-refractivity contribution in [2.75, 3.05) is 19.8 Å². The normalized spacial score (nSPS) is 20.8. The third kappa shape index (κ3) is 3.82. The Morgan fingerprint density at radius 3 is 2.50 bits per heavy atom. The number of nitro groups is 1. The summed E-state index contributed by atoms with van der Waals surface area (Å²) in [5.74, 6) is -0.0890. The molecule has 126 valence electrons. The molecular weight excluding hydrogens is 346 g/mol. The number of thiocarbonyl (C=S) groups is 1. The lowest BCUT2D eigenvalue weighted by Crippen LogP contribution is -2.42. The van der Waals surface area contributed by atoms with E-state index in [2.05, 4.69) is 4.90 Å². The smallest absolute Gasteiger partial charge is 0.269 e. The van der Waals surface area contributed by atoms with Crippen molar-refractivity contribution in [3.63, 3.8) is 0 Å². The van der Waals surface area contributed by atoms with Gasteiger partial charge in [0.25, 0.3) is 11.6 Å². The Balaban J connectivity index is 1.71. The molecule has 1 aromatic rings. The fourth-order valence-corrected chi connectivity index (χ4v) is 4.01. The van der Waals surface area contributed by atoms with Crippen LogP contribution in [0.3, 0.4) is 0 Å². The molecule has 24 heavy (non-hydrogen) atoms. The van der Waals surface area contributed by atoms with Gasteiger partial charge in [0.05, 0.1) is 16.5 Å². The Labute approximate surface area is 149 Å². The first-order valence-corrected chi connectivity index (χ1v) is 8.99. The van der Waals surface area contributed by atoms with Gasteiger partial charge in [0, 0.05) is 12.1 Å². The monoisotopic (exact) mass is 363 g/mol. The Kier molecular flexibility index (Phi) is 5.27. The molecule has 0 N–H and O–H groups in total. The van der Waals surface area contributed by atoms with Crippen LogP contribution in [0.5, 0.6) is 0 Å². The molecule has 1 amide bonds. The third-order valence-electron chi connectivity index (χ3n) is 4.07. The van der Waals surface area contributed by atoms with Gasteiger partial charge in [-0.3, -0.25) is 24.7 Å². The van der Waals surface area contributed by atoms with E-state index < -0.39 is 4.92 Å². The van der Waals surface area contributed by atoms with Crippen LogP contribution in [-0.4, -0.2) is 44.7 Å². The summed E-state index contributed by atoms with van der Waals surface area (Å²) in [4.78, 5) is 27.3. The number of rotatable bonds is 4. The number of amides is 1. The average Bonchev–Trinajstić information content (AvgIpc) is 2.84. The largest absolute Gasteiger partial charge is 0.286 e. The number of hydrogen-bond acceptors (Lipinski definition) is 6. The summed E-state index contributed by atoms with van der Waals surface area (Å²) >= 11 is 6.63. The van der Waals surface area contributed by atoms with Gasteiger partial charge in [-0.2, -0.15) is 0 Å². The van der Waals surface area contributed by atoms with E-state index in [9.17, 15) is 14.9 Å². The summed E-state index contributed by atoms with van der Waals surface area (Å²) in [5, 5.41) is 10.7. The molecule has 6 nitrogen and oxygen atoms in total. The highest BCUT2D eigenvalue weighted by atomic mass is 32.2. The number of carbonyl (C=O) groups is 1. The van der Waals surface area contributed by atoms with Crippen molar-refractivity contribution in [3.05, 3.63) is 44.8 Å². The van der Waals surface area contributed by atoms with Gasteiger partial charge in [-0.15, -0.1) is 0 Å². The van der Waals surface area contributed by atoms with Gasteiger partial charge < -0.3 is 0 Å². The number of thioether (sulfide) groups is 1. The van der Waals surface area contributed by atoms with Gasteiger partial charge in [-0.25, -0.2) is 0 Å². The summed E-state index contributed by atoms with van der Waals surface area (Å²) in [6.07, 6.45) is 5.30. The van der Waals surface area contributed by atoms with Gasteiger partial charge in [-0.05, 0) is 49.7 Å². The van der Waals surface area contributed by atoms with E-state index in [0.29, 0.717) is 15.9 Å². The molecule has 0 unspecified atom stereocenters. The van der Waals surface area contributed by atoms with Crippen molar-refractivity contribution in [1.82, 2.24) is 9.80 Å². The molecule has 2 heterocycles. The second-order valence-electron chi connectivity index (χ2n) is 5.78. The van der Waals surface area contributed by atoms with Crippen molar-refractivity contribution in [2.45, 2.75) is 19.3 Å². The minimum Gasteiger partial charge on any atom is -0.286 e. The van der Waals surface area contributed by atoms with Crippen molar-refractivity contribution < 1.29 is 9.72 Å². The van der Waals surface area contributed by atoms with Crippen LogP contribution in [0.1, 0.15) is 24.8 Å². The van der Waals surface area contributed by atoms with Crippen LogP contribution in [0.15, 0.2) is 29.2 Å². The van der Waals surface area contributed by atoms with Crippen LogP contribution in [0.2, 0.25) is 0 Å². The number of piperidine rings is 1. The molecular formula is C16H17N3O3S2. The SMILES string of the molecule is O=C1/C(=C/c2ccc([N+](=O)[O-])cc2)SC(=S)N1CN1CCCCC1. The van der Waals surface area contributed by atoms with E-state index in [1.807, 2.05) is 0 Å². The van der Waals surface area contributed by atoms with Gasteiger partial charge >= 0.3 is 0 Å². The number of nitrogens with zero attached hydrogens (tertiary/aromatic N) is 3. The Hall–Kier alpha value is -1.77. The number of carbonyl (C=O) groups excluding carboxylic acids is 1. The molecule has 8 heteroatoms. The van der Waals surface area contributed by atoms with Gasteiger partial charge in [0.15, 0.2) is 0 Å². The zero-order valence-electron chi connectivity index (χ0n) is 13.0. The fraction of sp³-hybridized carbons (Fsp3) is 0.375. The number of likely N-dealkylation sites (tertiary alicyclic amines) is 1. The van der Waals surface area contributed by atoms with Crippen molar-refractivity contribution in [1.29, 1.82) is 0 Å². The van der Waals surface area contributed by atoms with Gasteiger partial charge in [0.1, 0.15) is 4.32 Å². The Bertz CT molecular complexity index is 697. The first-order valence-electron chi connectivity index (χ1n) is 7.77. The highest BCUT2D eigenvalue weighted by Gasteiger charge is 2.33. The summed E-state index contributed by atoms with van der Waals surface area (Å²) < 4.78 is 0.568. The van der Waals surface area contributed by atoms with Crippen LogP contribution >= 0.6 is 24.0 Å². The zero-order chi connectivity index (χ0) is 17.1. The zero-order valence-corrected chi connectivity index (χ0v) is 14.6. The Morgan fingerprint density at radius 1 is 1.21 bits per heavy atom. The molecule has 0 aliphatic carbocycles. The Morgan fingerprint density at radius 2 is 1.88 bits per heavy atom. The first-order chi connectivity index (χ1) is 11.5. The maximum atomic E-state index is 12.6. The number of benzene rings is 1. The molecule has 2 fully saturated rings. The predicted octanol–water partition coefficient (Wildman–Crippen LogP) is 3.24. The molecule has 1 aromatic carbocycles. The lowest BCUT2D eigenvalue weighted by atomic mass is 10.1. The van der Waals surface area contributed by atoms with E-state index in [4.69, 9.17) is 12.2 Å². The highest BCUT2D eigenvalue weighted by molar-refractivity contribution is 8.26. The number of non-ortho nitro benzene ring substituents is 1. The highest BCUT2D eigenvalue weighted by Crippen LogP contribution is 2.33. The van der Waals surface area contributed by atoms with E-state index in [1.165, 1.54) is 30.3 Å². The van der Waals surface area contributed by atoms with Gasteiger partial charge in [-0.1, -0.05) is 30.4 Å². The maximum absolute atomic E-state index is 12.6. The third-order valence-corrected chi connectivity index (χ3v) is 5.44. The number of nitro benzene ring substituents is 1. The van der Waals surface area contributed by atoms with E-state index in [-0.39, 0.29) is 11.6 Å². The molecule has 3 rings (SSSR count). The van der Waals surface area contributed by atoms with Crippen LogP contribution in [-0.2, 0) is 4.79 Å². The molecule has 2 saturated heterocycles. The molecule has 2 aliphatic rings. The van der Waals surface area contributed by atoms with Crippen molar-refractivity contribution >= 4 is 46.0 Å². The van der Waals surface area contributed by atoms with Crippen LogP contribution in [0.25, 0.3) is 6.08 Å². The molecule has 0 atom stereocenters. The number of hydrogen-bond donors (Lipinski definition) is 0.